The van der Waals surface area contributed by atoms with Crippen LogP contribution >= 0.6 is 0 Å². The van der Waals surface area contributed by atoms with E-state index in [9.17, 15) is 14.3 Å². The van der Waals surface area contributed by atoms with Crippen LogP contribution in [0.25, 0.3) is 0 Å². The molecule has 0 aliphatic carbocycles. The van der Waals surface area contributed by atoms with Crippen molar-refractivity contribution in [1.29, 1.82) is 0 Å². The summed E-state index contributed by atoms with van der Waals surface area (Å²) in [6.07, 6.45) is 0.279. The van der Waals surface area contributed by atoms with Crippen LogP contribution in [0.4, 0.5) is 15.8 Å². The molecule has 0 aromatic heterocycles. The number of nitrogens with two attached hydrogens (primary N) is 1. The first kappa shape index (κ1) is 17.4. The number of halogens is 1. The molecule has 0 unspecified atom stereocenters. The van der Waals surface area contributed by atoms with E-state index in [1.54, 1.807) is 13.8 Å². The molecule has 0 spiro atoms. The summed E-state index contributed by atoms with van der Waals surface area (Å²) in [6, 6.07) is 3.86. The lowest BCUT2D eigenvalue weighted by molar-refractivity contribution is -0.116. The third-order valence-corrected chi connectivity index (χ3v) is 3.00. The Hall–Kier alpha value is -1.66. The fourth-order valence-corrected chi connectivity index (χ4v) is 2.02. The number of nitrogen functional groups attached to an aromatic ring is 1. The maximum atomic E-state index is 12.9. The Kier molecular flexibility index (Phi) is 6.11. The molecule has 1 aromatic rings. The molecule has 4 N–H and O–H groups in total. The normalized spacial score (nSPS) is 11.7. The molecule has 118 valence electrons. The van der Waals surface area contributed by atoms with E-state index < -0.39 is 11.4 Å². The Bertz CT molecular complexity index is 486. The molecule has 0 aliphatic rings. The molecule has 1 rings (SSSR count). The highest BCUT2D eigenvalue weighted by Crippen LogP contribution is 2.19. The fourth-order valence-electron chi connectivity index (χ4n) is 2.02. The molecular formula is C15H24FN3O2. The van der Waals surface area contributed by atoms with Gasteiger partial charge in [-0.1, -0.05) is 6.92 Å². The fraction of sp³-hybridized carbons (Fsp3) is 0.533. The van der Waals surface area contributed by atoms with Gasteiger partial charge in [-0.25, -0.2) is 4.39 Å². The van der Waals surface area contributed by atoms with Gasteiger partial charge in [-0.3, -0.25) is 4.79 Å². The van der Waals surface area contributed by atoms with Crippen LogP contribution < -0.4 is 11.1 Å². The number of nitrogens with one attached hydrogen (secondary N) is 1. The van der Waals surface area contributed by atoms with Gasteiger partial charge in [-0.05, 0) is 38.6 Å². The molecule has 1 amide bonds. The summed E-state index contributed by atoms with van der Waals surface area (Å²) in [4.78, 5) is 13.9. The molecule has 0 bridgehead atoms. The number of nitrogens with zero attached hydrogens (tertiary/aromatic N) is 1. The minimum absolute atomic E-state index is 0.192. The molecule has 0 radical (unpaired) electrons. The SMILES string of the molecule is CCN(CCC(=O)Nc1ccc(F)cc1N)CC(C)(C)O. The molecular weight excluding hydrogens is 273 g/mol. The van der Waals surface area contributed by atoms with Crippen LogP contribution in [0.3, 0.4) is 0 Å². The lowest BCUT2D eigenvalue weighted by Crippen LogP contribution is -2.39. The highest BCUT2D eigenvalue weighted by Gasteiger charge is 2.17. The second-order valence-corrected chi connectivity index (χ2v) is 5.71. The van der Waals surface area contributed by atoms with Crippen molar-refractivity contribution in [1.82, 2.24) is 4.90 Å². The van der Waals surface area contributed by atoms with Crippen molar-refractivity contribution in [3.8, 4) is 0 Å². The van der Waals surface area contributed by atoms with Gasteiger partial charge in [0, 0.05) is 19.5 Å². The first-order valence-electron chi connectivity index (χ1n) is 7.01. The zero-order valence-electron chi connectivity index (χ0n) is 12.8. The second kappa shape index (κ2) is 7.38. The van der Waals surface area contributed by atoms with Crippen LogP contribution in [0.1, 0.15) is 27.2 Å². The number of carbonyl (C=O) groups excluding carboxylic acids is 1. The van der Waals surface area contributed by atoms with Gasteiger partial charge in [-0.15, -0.1) is 0 Å². The third-order valence-electron chi connectivity index (χ3n) is 3.00. The number of benzene rings is 1. The third kappa shape index (κ3) is 6.55. The summed E-state index contributed by atoms with van der Waals surface area (Å²) in [7, 11) is 0. The lowest BCUT2D eigenvalue weighted by atomic mass is 10.1. The molecule has 5 nitrogen and oxygen atoms in total. The summed E-state index contributed by atoms with van der Waals surface area (Å²) in [5, 5.41) is 12.4. The van der Waals surface area contributed by atoms with Gasteiger partial charge >= 0.3 is 0 Å². The average Bonchev–Trinajstić information content (AvgIpc) is 2.36. The summed E-state index contributed by atoms with van der Waals surface area (Å²) in [6.45, 7) is 7.21. The van der Waals surface area contributed by atoms with E-state index >= 15 is 0 Å². The highest BCUT2D eigenvalue weighted by atomic mass is 19.1. The van der Waals surface area contributed by atoms with Crippen LogP contribution in [-0.4, -0.2) is 41.1 Å². The van der Waals surface area contributed by atoms with Gasteiger partial charge in [0.05, 0.1) is 17.0 Å². The van der Waals surface area contributed by atoms with Crippen LogP contribution in [0, 0.1) is 5.82 Å². The smallest absolute Gasteiger partial charge is 0.225 e. The maximum Gasteiger partial charge on any atom is 0.225 e. The standard InChI is InChI=1S/C15H24FN3O2/c1-4-19(10-15(2,3)21)8-7-14(20)18-13-6-5-11(16)9-12(13)17/h5-6,9,21H,4,7-8,10,17H2,1-3H3,(H,18,20). The van der Waals surface area contributed by atoms with Crippen molar-refractivity contribution >= 4 is 17.3 Å². The van der Waals surface area contributed by atoms with E-state index in [1.165, 1.54) is 18.2 Å². The van der Waals surface area contributed by atoms with Crippen LogP contribution in [-0.2, 0) is 4.79 Å². The topological polar surface area (TPSA) is 78.6 Å². The zero-order valence-corrected chi connectivity index (χ0v) is 12.8. The van der Waals surface area contributed by atoms with E-state index in [0.29, 0.717) is 18.8 Å². The van der Waals surface area contributed by atoms with Gasteiger partial charge in [0.1, 0.15) is 5.82 Å². The van der Waals surface area contributed by atoms with Crippen LogP contribution in [0.2, 0.25) is 0 Å². The number of aliphatic hydroxyl groups is 1. The monoisotopic (exact) mass is 297 g/mol. The number of carbonyl (C=O) groups is 1. The Morgan fingerprint density at radius 1 is 1.48 bits per heavy atom. The Balaban J connectivity index is 2.50. The molecule has 0 aliphatic heterocycles. The molecule has 0 atom stereocenters. The predicted molar refractivity (Wildman–Crippen MR) is 82.5 cm³/mol. The minimum Gasteiger partial charge on any atom is -0.397 e. The van der Waals surface area contributed by atoms with Crippen LogP contribution in [0.15, 0.2) is 18.2 Å². The van der Waals surface area contributed by atoms with Gasteiger partial charge < -0.3 is 21.1 Å². The van der Waals surface area contributed by atoms with Crippen molar-refractivity contribution in [2.45, 2.75) is 32.8 Å². The van der Waals surface area contributed by atoms with E-state index in [4.69, 9.17) is 5.73 Å². The summed E-state index contributed by atoms with van der Waals surface area (Å²) >= 11 is 0. The van der Waals surface area contributed by atoms with Crippen molar-refractivity contribution < 1.29 is 14.3 Å². The Morgan fingerprint density at radius 2 is 2.14 bits per heavy atom. The number of hydrogen-bond donors (Lipinski definition) is 3. The summed E-state index contributed by atoms with van der Waals surface area (Å²) < 4.78 is 12.9. The zero-order chi connectivity index (χ0) is 16.0. The molecule has 6 heteroatoms. The molecule has 0 saturated carbocycles. The maximum absolute atomic E-state index is 12.9. The van der Waals surface area contributed by atoms with Crippen molar-refractivity contribution in [2.24, 2.45) is 0 Å². The van der Waals surface area contributed by atoms with Crippen molar-refractivity contribution in [3.63, 3.8) is 0 Å². The molecule has 0 saturated heterocycles. The molecule has 0 fully saturated rings. The predicted octanol–water partition coefficient (Wildman–Crippen LogP) is 1.83. The highest BCUT2D eigenvalue weighted by molar-refractivity contribution is 5.93. The molecule has 0 heterocycles. The quantitative estimate of drug-likeness (QED) is 0.671. The molecule has 1 aromatic carbocycles. The first-order valence-corrected chi connectivity index (χ1v) is 7.01. The average molecular weight is 297 g/mol. The minimum atomic E-state index is -0.798. The second-order valence-electron chi connectivity index (χ2n) is 5.71. The van der Waals surface area contributed by atoms with E-state index in [1.807, 2.05) is 11.8 Å². The van der Waals surface area contributed by atoms with Gasteiger partial charge in [0.15, 0.2) is 0 Å². The van der Waals surface area contributed by atoms with E-state index in [0.717, 1.165) is 6.54 Å². The van der Waals surface area contributed by atoms with Gasteiger partial charge in [0.2, 0.25) is 5.91 Å². The van der Waals surface area contributed by atoms with E-state index in [-0.39, 0.29) is 18.0 Å². The summed E-state index contributed by atoms with van der Waals surface area (Å²) in [5.41, 5.74) is 5.45. The van der Waals surface area contributed by atoms with Crippen molar-refractivity contribution in [2.75, 3.05) is 30.7 Å². The van der Waals surface area contributed by atoms with Crippen LogP contribution in [0.5, 0.6) is 0 Å². The lowest BCUT2D eigenvalue weighted by Gasteiger charge is -2.27. The number of anilines is 2. The molecule has 21 heavy (non-hydrogen) atoms. The number of likely N-dealkylation sites (N-methyl/N-ethyl adjacent to an activating group) is 1. The van der Waals surface area contributed by atoms with E-state index in [2.05, 4.69) is 5.32 Å². The number of amides is 1. The largest absolute Gasteiger partial charge is 0.397 e. The Labute approximate surface area is 124 Å². The Morgan fingerprint density at radius 3 is 2.67 bits per heavy atom. The number of rotatable bonds is 7. The first-order chi connectivity index (χ1) is 9.71. The number of hydrogen-bond acceptors (Lipinski definition) is 4. The van der Waals surface area contributed by atoms with Gasteiger partial charge in [0.25, 0.3) is 0 Å². The van der Waals surface area contributed by atoms with Gasteiger partial charge in [-0.2, -0.15) is 0 Å². The summed E-state index contributed by atoms with van der Waals surface area (Å²) in [5.74, 6) is -0.629. The van der Waals surface area contributed by atoms with Crippen molar-refractivity contribution in [3.05, 3.63) is 24.0 Å².